The van der Waals surface area contributed by atoms with Crippen LogP contribution in [0.2, 0.25) is 0 Å². The highest BCUT2D eigenvalue weighted by atomic mass is 16.6. The molecule has 0 radical (unpaired) electrons. The number of carbonyl (C=O) groups is 3. The number of carbonyl (C=O) groups excluding carboxylic acids is 3. The molecule has 3 aliphatic heterocycles. The first kappa shape index (κ1) is 17.2. The summed E-state index contributed by atoms with van der Waals surface area (Å²) in [5.41, 5.74) is 7.92. The molecule has 0 bridgehead atoms. The lowest BCUT2D eigenvalue weighted by Crippen LogP contribution is -2.55. The quantitative estimate of drug-likeness (QED) is 0.361. The molecule has 1 aromatic carbocycles. The van der Waals surface area contributed by atoms with Crippen molar-refractivity contribution in [2.75, 3.05) is 6.54 Å². The average Bonchev–Trinajstić information content (AvgIpc) is 3.17. The number of hydrogen-bond acceptors (Lipinski definition) is 8. The summed E-state index contributed by atoms with van der Waals surface area (Å²) >= 11 is 0. The van der Waals surface area contributed by atoms with Gasteiger partial charge in [0.05, 0.1) is 18.5 Å². The molecule has 1 N–H and O–H groups in total. The topological polar surface area (TPSA) is 118 Å². The van der Waals surface area contributed by atoms with Gasteiger partial charge in [0.1, 0.15) is 18.5 Å². The van der Waals surface area contributed by atoms with E-state index in [-0.39, 0.29) is 43.2 Å². The van der Waals surface area contributed by atoms with E-state index < -0.39 is 30.3 Å². The van der Waals surface area contributed by atoms with E-state index in [4.69, 9.17) is 19.7 Å². The number of hydrogen-bond donors (Lipinski definition) is 1. The summed E-state index contributed by atoms with van der Waals surface area (Å²) in [4.78, 5) is 38.2. The molecule has 27 heavy (non-hydrogen) atoms. The van der Waals surface area contributed by atoms with Crippen LogP contribution in [0.4, 0.5) is 0 Å². The molecule has 1 aromatic rings. The lowest BCUT2D eigenvalue weighted by molar-refractivity contribution is -0.166. The number of amides is 1. The molecule has 3 atom stereocenters. The van der Waals surface area contributed by atoms with Gasteiger partial charge in [-0.2, -0.15) is 5.11 Å². The fraction of sp³-hybridized carbons (Fsp3) is 0.389. The van der Waals surface area contributed by atoms with Crippen LogP contribution in [-0.2, 0) is 35.2 Å². The Kier molecular flexibility index (Phi) is 4.35. The first-order valence-electron chi connectivity index (χ1n) is 8.54. The monoisotopic (exact) mass is 371 g/mol. The van der Waals surface area contributed by atoms with E-state index in [9.17, 15) is 14.4 Å². The molecule has 2 unspecified atom stereocenters. The number of esters is 2. The summed E-state index contributed by atoms with van der Waals surface area (Å²) in [5.74, 6) is -1.39. The predicted octanol–water partition coefficient (Wildman–Crippen LogP) is 1.29. The second kappa shape index (κ2) is 6.82. The van der Waals surface area contributed by atoms with Gasteiger partial charge in [-0.15, -0.1) is 0 Å². The summed E-state index contributed by atoms with van der Waals surface area (Å²) in [6, 6.07) is 8.06. The Balaban J connectivity index is 1.57. The maximum Gasteiger partial charge on any atom is 0.338 e. The molecule has 1 amide bonds. The third-order valence-corrected chi connectivity index (χ3v) is 4.73. The highest BCUT2D eigenvalue weighted by molar-refractivity contribution is 5.96. The third-order valence-electron chi connectivity index (χ3n) is 4.73. The van der Waals surface area contributed by atoms with Gasteiger partial charge in [0, 0.05) is 6.42 Å². The second-order valence-electron chi connectivity index (χ2n) is 6.49. The van der Waals surface area contributed by atoms with E-state index >= 15 is 0 Å². The lowest BCUT2D eigenvalue weighted by atomic mass is 10.0. The number of rotatable bonds is 5. The van der Waals surface area contributed by atoms with Gasteiger partial charge in [0.15, 0.2) is 12.3 Å². The first-order chi connectivity index (χ1) is 13.1. The van der Waals surface area contributed by atoms with Crippen molar-refractivity contribution in [2.45, 2.75) is 37.8 Å². The van der Waals surface area contributed by atoms with E-state index in [1.54, 1.807) is 0 Å². The Morgan fingerprint density at radius 2 is 2.00 bits per heavy atom. The van der Waals surface area contributed by atoms with E-state index in [0.717, 1.165) is 5.56 Å². The van der Waals surface area contributed by atoms with Crippen LogP contribution in [0.25, 0.3) is 0 Å². The summed E-state index contributed by atoms with van der Waals surface area (Å²) in [6.07, 6.45) is -0.805. The van der Waals surface area contributed by atoms with Gasteiger partial charge in [-0.1, -0.05) is 30.3 Å². The molecular formula is C18H17N3O6. The van der Waals surface area contributed by atoms with Crippen molar-refractivity contribution in [1.29, 1.82) is 5.53 Å². The molecule has 0 aliphatic carbocycles. The smallest absolute Gasteiger partial charge is 0.338 e. The van der Waals surface area contributed by atoms with Gasteiger partial charge in [0.25, 0.3) is 0 Å². The van der Waals surface area contributed by atoms with Gasteiger partial charge in [0.2, 0.25) is 5.91 Å². The lowest BCUT2D eigenvalue weighted by Gasteiger charge is -2.33. The van der Waals surface area contributed by atoms with Crippen LogP contribution in [0.3, 0.4) is 0 Å². The van der Waals surface area contributed by atoms with Crippen LogP contribution in [0.15, 0.2) is 46.8 Å². The summed E-state index contributed by atoms with van der Waals surface area (Å²) in [7, 11) is 0. The average molecular weight is 371 g/mol. The number of nitrogens with one attached hydrogen (secondary N) is 1. The van der Waals surface area contributed by atoms with Crippen molar-refractivity contribution >= 4 is 17.8 Å². The fourth-order valence-corrected chi connectivity index (χ4v) is 3.39. The Morgan fingerprint density at radius 3 is 2.70 bits per heavy atom. The van der Waals surface area contributed by atoms with Gasteiger partial charge in [-0.3, -0.25) is 9.69 Å². The van der Waals surface area contributed by atoms with Crippen LogP contribution >= 0.6 is 0 Å². The third kappa shape index (κ3) is 3.05. The van der Waals surface area contributed by atoms with Crippen molar-refractivity contribution in [3.05, 3.63) is 47.2 Å². The minimum Gasteiger partial charge on any atom is -0.471 e. The largest absolute Gasteiger partial charge is 0.471 e. The molecule has 9 heteroatoms. The Bertz CT molecular complexity index is 837. The van der Waals surface area contributed by atoms with Crippen molar-refractivity contribution in [3.63, 3.8) is 0 Å². The maximum absolute atomic E-state index is 12.7. The zero-order chi connectivity index (χ0) is 19.0. The zero-order valence-electron chi connectivity index (χ0n) is 14.3. The molecule has 3 aliphatic rings. The first-order valence-corrected chi connectivity index (χ1v) is 8.54. The van der Waals surface area contributed by atoms with Crippen LogP contribution in [-0.4, -0.2) is 47.7 Å². The molecule has 9 nitrogen and oxygen atoms in total. The minimum atomic E-state index is -1.09. The summed E-state index contributed by atoms with van der Waals surface area (Å²) < 4.78 is 16.2. The molecule has 3 fully saturated rings. The molecular weight excluding hydrogens is 354 g/mol. The second-order valence-corrected chi connectivity index (χ2v) is 6.49. The summed E-state index contributed by atoms with van der Waals surface area (Å²) in [6.45, 7) is 0.0913. The van der Waals surface area contributed by atoms with Gasteiger partial charge in [-0.05, 0) is 5.56 Å². The Hall–Kier alpha value is -3.23. The fourth-order valence-electron chi connectivity index (χ4n) is 3.39. The zero-order valence-corrected chi connectivity index (χ0v) is 14.3. The maximum atomic E-state index is 12.7. The summed E-state index contributed by atoms with van der Waals surface area (Å²) in [5, 5.41) is 3.24. The normalized spacial score (nSPS) is 28.9. The van der Waals surface area contributed by atoms with Crippen molar-refractivity contribution in [1.82, 2.24) is 4.90 Å². The highest BCUT2D eigenvalue weighted by Crippen LogP contribution is 2.40. The SMILES string of the molecule is N=NCC1C/C(=C2\O[C@@H]3CC(=O)N3C2C(=O)OCc2ccccc2)C(=O)O1. The van der Waals surface area contributed by atoms with E-state index in [1.165, 1.54) is 4.90 Å². The van der Waals surface area contributed by atoms with Gasteiger partial charge < -0.3 is 14.2 Å². The number of cyclic esters (lactones) is 1. The molecule has 0 spiro atoms. The van der Waals surface area contributed by atoms with Crippen molar-refractivity contribution < 1.29 is 28.6 Å². The number of benzene rings is 1. The van der Waals surface area contributed by atoms with Crippen molar-refractivity contribution in [2.24, 2.45) is 5.11 Å². The van der Waals surface area contributed by atoms with E-state index in [2.05, 4.69) is 5.11 Å². The molecule has 0 saturated carbocycles. The standard InChI is InChI=1S/C18H17N3O6/c19-20-8-11-6-12(17(23)26-11)16-15(21-13(22)7-14(21)27-16)18(24)25-9-10-4-2-1-3-5-10/h1-5,11,14-15,19H,6-9H2/b16-12+,20-19?/t11?,14-,15?/m1/s1. The molecule has 3 heterocycles. The van der Waals surface area contributed by atoms with Crippen LogP contribution < -0.4 is 0 Å². The highest BCUT2D eigenvalue weighted by Gasteiger charge is 2.56. The number of ether oxygens (including phenoxy) is 3. The van der Waals surface area contributed by atoms with E-state index in [0.29, 0.717) is 0 Å². The number of fused-ring (bicyclic) bond motifs is 1. The Morgan fingerprint density at radius 1 is 1.22 bits per heavy atom. The number of nitrogens with zero attached hydrogens (tertiary/aromatic N) is 2. The van der Waals surface area contributed by atoms with E-state index in [1.807, 2.05) is 30.3 Å². The van der Waals surface area contributed by atoms with Gasteiger partial charge in [-0.25, -0.2) is 15.1 Å². The van der Waals surface area contributed by atoms with Crippen LogP contribution in [0.5, 0.6) is 0 Å². The molecule has 4 rings (SSSR count). The number of β-lactam (4-membered cyclic amide) rings is 1. The van der Waals surface area contributed by atoms with Crippen LogP contribution in [0, 0.1) is 5.53 Å². The Labute approximate surface area is 154 Å². The molecule has 3 saturated heterocycles. The minimum absolute atomic E-state index is 0.0394. The van der Waals surface area contributed by atoms with Crippen LogP contribution in [0.1, 0.15) is 18.4 Å². The van der Waals surface area contributed by atoms with Gasteiger partial charge >= 0.3 is 11.9 Å². The van der Waals surface area contributed by atoms with Crippen molar-refractivity contribution in [3.8, 4) is 0 Å². The predicted molar refractivity (Wildman–Crippen MR) is 87.9 cm³/mol. The molecule has 140 valence electrons. The molecule has 0 aromatic heterocycles.